The molecule has 0 N–H and O–H groups in total. The van der Waals surface area contributed by atoms with E-state index < -0.39 is 0 Å². The van der Waals surface area contributed by atoms with E-state index in [-0.39, 0.29) is 11.2 Å². The van der Waals surface area contributed by atoms with Gasteiger partial charge in [0.05, 0.1) is 26.6 Å². The Morgan fingerprint density at radius 2 is 1.45 bits per heavy atom. The van der Waals surface area contributed by atoms with E-state index in [9.17, 15) is 0 Å². The molecule has 2 aliphatic rings. The van der Waals surface area contributed by atoms with Gasteiger partial charge in [-0.05, 0) is 52.1 Å². The van der Waals surface area contributed by atoms with Crippen LogP contribution in [-0.4, -0.2) is 14.8 Å². The second-order valence-corrected chi connectivity index (χ2v) is 13.4. The second kappa shape index (κ2) is 9.47. The fraction of sp³-hybridized carbons (Fsp3) is 0.0541. The van der Waals surface area contributed by atoms with Gasteiger partial charge in [-0.2, -0.15) is 0 Å². The number of hydrogen-bond acceptors (Lipinski definition) is 3. The van der Waals surface area contributed by atoms with Gasteiger partial charge >= 0.3 is 0 Å². The number of rotatable bonds is 3. The highest BCUT2D eigenvalue weighted by atomic mass is 35.5. The molecule has 0 radical (unpaired) electrons. The maximum absolute atomic E-state index is 6.99. The van der Waals surface area contributed by atoms with Gasteiger partial charge in [0.1, 0.15) is 0 Å². The van der Waals surface area contributed by atoms with Gasteiger partial charge in [0.2, 0.25) is 0 Å². The minimum atomic E-state index is 0.210. The fourth-order valence-corrected chi connectivity index (χ4v) is 9.51. The van der Waals surface area contributed by atoms with Crippen LogP contribution >= 0.6 is 34.7 Å². The third-order valence-corrected chi connectivity index (χ3v) is 11.3. The van der Waals surface area contributed by atoms with Crippen molar-refractivity contribution < 1.29 is 0 Å². The van der Waals surface area contributed by atoms with Crippen molar-refractivity contribution in [3.05, 3.63) is 144 Å². The van der Waals surface area contributed by atoms with E-state index in [4.69, 9.17) is 16.6 Å². The van der Waals surface area contributed by atoms with Gasteiger partial charge in [0.25, 0.3) is 0 Å². The first kappa shape index (κ1) is 24.5. The molecule has 0 spiro atoms. The number of thiazole rings is 1. The average molecular weight is 595 g/mol. The molecule has 42 heavy (non-hydrogen) atoms. The molecule has 1 aliphatic carbocycles. The van der Waals surface area contributed by atoms with Gasteiger partial charge in [-0.25, -0.2) is 4.98 Å². The van der Waals surface area contributed by atoms with Crippen LogP contribution < -0.4 is 0 Å². The summed E-state index contributed by atoms with van der Waals surface area (Å²) in [5.74, 6) is 0.210. The molecule has 9 rings (SSSR count). The maximum Gasteiger partial charge on any atom is 0.195 e. The summed E-state index contributed by atoms with van der Waals surface area (Å²) in [5.41, 5.74) is 9.58. The van der Waals surface area contributed by atoms with Gasteiger partial charge in [-0.3, -0.25) is 4.57 Å². The molecule has 200 valence electrons. The highest BCUT2D eigenvalue weighted by molar-refractivity contribution is 8.00. The Morgan fingerprint density at radius 3 is 2.29 bits per heavy atom. The van der Waals surface area contributed by atoms with Crippen LogP contribution in [0.4, 0.5) is 0 Å². The van der Waals surface area contributed by atoms with Crippen molar-refractivity contribution in [1.29, 1.82) is 0 Å². The molecule has 0 saturated carbocycles. The summed E-state index contributed by atoms with van der Waals surface area (Å²) in [5, 5.41) is 4.50. The zero-order valence-electron chi connectivity index (χ0n) is 22.4. The van der Waals surface area contributed by atoms with Gasteiger partial charge in [0.15, 0.2) is 5.13 Å². The Hall–Kier alpha value is -4.09. The number of halogens is 1. The fourth-order valence-electron chi connectivity index (χ4n) is 6.63. The lowest BCUT2D eigenvalue weighted by atomic mass is 9.89. The number of fused-ring (bicyclic) bond motifs is 8. The summed E-state index contributed by atoms with van der Waals surface area (Å²) >= 11 is 10.6. The standard InChI is InChI=1S/C37H23ClN2S2/c38-28-21-32-34(27-14-7-8-17-31(27)41-32)35-36(28)42-37(39-35)40-29-16-9-15-25(23-12-5-2-6-13-23)33(29)26-19-18-24(20-30(26)40)22-10-3-1-4-11-22/h1-21,32,34H. The zero-order valence-corrected chi connectivity index (χ0v) is 24.8. The summed E-state index contributed by atoms with van der Waals surface area (Å²) in [6.45, 7) is 0. The molecule has 7 aromatic rings. The molecule has 3 heterocycles. The lowest BCUT2D eigenvalue weighted by Gasteiger charge is -2.21. The largest absolute Gasteiger partial charge is 0.285 e. The molecule has 2 nitrogen and oxygen atoms in total. The van der Waals surface area contributed by atoms with Crippen molar-refractivity contribution in [2.75, 3.05) is 0 Å². The number of thioether (sulfide) groups is 1. The molecule has 0 bridgehead atoms. The van der Waals surface area contributed by atoms with E-state index >= 15 is 0 Å². The van der Waals surface area contributed by atoms with Crippen LogP contribution in [0.25, 0.3) is 54.2 Å². The highest BCUT2D eigenvalue weighted by Gasteiger charge is 2.40. The van der Waals surface area contributed by atoms with Gasteiger partial charge in [-0.1, -0.05) is 126 Å². The Kier molecular flexibility index (Phi) is 5.52. The first-order chi connectivity index (χ1) is 20.7. The quantitative estimate of drug-likeness (QED) is 0.202. The number of aromatic nitrogens is 2. The van der Waals surface area contributed by atoms with Gasteiger partial charge in [0, 0.05) is 26.8 Å². The first-order valence-electron chi connectivity index (χ1n) is 14.1. The second-order valence-electron chi connectivity index (χ2n) is 10.8. The van der Waals surface area contributed by atoms with Crippen LogP contribution in [0.15, 0.2) is 132 Å². The van der Waals surface area contributed by atoms with Crippen LogP contribution in [-0.2, 0) is 0 Å². The molecule has 0 amide bonds. The molecule has 2 atom stereocenters. The minimum absolute atomic E-state index is 0.210. The molecule has 1 aliphatic heterocycles. The van der Waals surface area contributed by atoms with Crippen molar-refractivity contribution in [2.45, 2.75) is 16.1 Å². The maximum atomic E-state index is 6.99. The Labute approximate surface area is 256 Å². The molecular weight excluding hydrogens is 572 g/mol. The summed E-state index contributed by atoms with van der Waals surface area (Å²) in [4.78, 5) is 7.84. The third-order valence-electron chi connectivity index (χ3n) is 8.48. The van der Waals surface area contributed by atoms with Crippen LogP contribution in [0.3, 0.4) is 0 Å². The summed E-state index contributed by atoms with van der Waals surface area (Å²) in [7, 11) is 0. The molecule has 0 saturated heterocycles. The number of benzene rings is 5. The van der Waals surface area contributed by atoms with Crippen molar-refractivity contribution in [3.63, 3.8) is 0 Å². The van der Waals surface area contributed by atoms with E-state index in [2.05, 4.69) is 132 Å². The monoisotopic (exact) mass is 594 g/mol. The topological polar surface area (TPSA) is 17.8 Å². The normalized spacial score (nSPS) is 17.2. The van der Waals surface area contributed by atoms with Crippen molar-refractivity contribution in [2.24, 2.45) is 0 Å². The molecule has 2 unspecified atom stereocenters. The van der Waals surface area contributed by atoms with Gasteiger partial charge in [-0.15, -0.1) is 11.8 Å². The predicted octanol–water partition coefficient (Wildman–Crippen LogP) is 10.8. The smallest absolute Gasteiger partial charge is 0.195 e. The van der Waals surface area contributed by atoms with E-state index in [0.717, 1.165) is 31.8 Å². The lowest BCUT2D eigenvalue weighted by Crippen LogP contribution is -2.15. The molecule has 5 heteroatoms. The van der Waals surface area contributed by atoms with Crippen molar-refractivity contribution >= 4 is 61.5 Å². The van der Waals surface area contributed by atoms with Crippen LogP contribution in [0.5, 0.6) is 0 Å². The summed E-state index contributed by atoms with van der Waals surface area (Å²) in [6, 6.07) is 43.5. The molecule has 2 aromatic heterocycles. The van der Waals surface area contributed by atoms with Crippen LogP contribution in [0, 0.1) is 0 Å². The van der Waals surface area contributed by atoms with Crippen LogP contribution in [0.1, 0.15) is 22.1 Å². The van der Waals surface area contributed by atoms with Gasteiger partial charge < -0.3 is 0 Å². The molecular formula is C37H23ClN2S2. The highest BCUT2D eigenvalue weighted by Crippen LogP contribution is 2.55. The summed E-state index contributed by atoms with van der Waals surface area (Å²) in [6.07, 6.45) is 2.23. The molecule has 5 aromatic carbocycles. The van der Waals surface area contributed by atoms with Crippen molar-refractivity contribution in [1.82, 2.24) is 9.55 Å². The Morgan fingerprint density at radius 1 is 0.690 bits per heavy atom. The van der Waals surface area contributed by atoms with Crippen molar-refractivity contribution in [3.8, 4) is 27.4 Å². The van der Waals surface area contributed by atoms with E-state index in [0.29, 0.717) is 0 Å². The SMILES string of the molecule is ClC1=CC2Sc3ccccc3C2c2nc(-n3c4cc(-c5ccccc5)ccc4c4c(-c5ccccc5)cccc43)sc21. The Bertz CT molecular complexity index is 2190. The lowest BCUT2D eigenvalue weighted by molar-refractivity contribution is 0.811. The third kappa shape index (κ3) is 3.62. The zero-order chi connectivity index (χ0) is 27.8. The predicted molar refractivity (Wildman–Crippen MR) is 179 cm³/mol. The van der Waals surface area contributed by atoms with Crippen LogP contribution in [0.2, 0.25) is 0 Å². The summed E-state index contributed by atoms with van der Waals surface area (Å²) < 4.78 is 2.36. The number of nitrogens with zero attached hydrogens (tertiary/aromatic N) is 2. The average Bonchev–Trinajstić information content (AvgIpc) is 3.73. The van der Waals surface area contributed by atoms with E-state index in [1.54, 1.807) is 11.3 Å². The van der Waals surface area contributed by atoms with E-state index in [1.165, 1.54) is 43.5 Å². The Balaban J connectivity index is 1.33. The number of hydrogen-bond donors (Lipinski definition) is 0. The van der Waals surface area contributed by atoms with E-state index in [1.807, 2.05) is 11.8 Å². The first-order valence-corrected chi connectivity index (χ1v) is 16.1. The molecule has 0 fully saturated rings. The minimum Gasteiger partial charge on any atom is -0.285 e.